The molecule has 0 spiro atoms. The van der Waals surface area contributed by atoms with Gasteiger partial charge < -0.3 is 5.32 Å². The van der Waals surface area contributed by atoms with Gasteiger partial charge in [-0.15, -0.1) is 0 Å². The molecule has 6 aromatic rings. The normalized spacial score (nSPS) is 11.6. The Labute approximate surface area is 232 Å². The van der Waals surface area contributed by atoms with Crippen molar-refractivity contribution >= 4 is 33.2 Å². The molecule has 0 saturated heterocycles. The highest BCUT2D eigenvalue weighted by molar-refractivity contribution is 6.08. The molecule has 0 unspecified atom stereocenters. The van der Waals surface area contributed by atoms with Crippen molar-refractivity contribution in [2.45, 2.75) is 6.18 Å². The summed E-state index contributed by atoms with van der Waals surface area (Å²) in [7, 11) is 0. The van der Waals surface area contributed by atoms with E-state index in [2.05, 4.69) is 10.4 Å². The molecule has 0 aliphatic rings. The lowest BCUT2D eigenvalue weighted by Gasteiger charge is -2.11. The fourth-order valence-electron chi connectivity index (χ4n) is 4.84. The van der Waals surface area contributed by atoms with Crippen molar-refractivity contribution in [3.63, 3.8) is 0 Å². The standard InChI is InChI=1S/C33H22F3N3O2/c34-33(35,36)31-19-29(25-14-17-28-24(18-25)11-10-21-6-4-5-9-27(21)28)39(38-31)26-15-12-22(13-16-26)30(40)20-37-32(41)23-7-2-1-3-8-23/h1-19H,20H2,(H,37,41). The second-order valence-corrected chi connectivity index (χ2v) is 9.57. The van der Waals surface area contributed by atoms with Gasteiger partial charge in [-0.25, -0.2) is 4.68 Å². The average molecular weight is 550 g/mol. The van der Waals surface area contributed by atoms with E-state index < -0.39 is 11.9 Å². The Morgan fingerprint density at radius 3 is 2.15 bits per heavy atom. The summed E-state index contributed by atoms with van der Waals surface area (Å²) in [4.78, 5) is 24.9. The number of hydrogen-bond donors (Lipinski definition) is 1. The van der Waals surface area contributed by atoms with Crippen molar-refractivity contribution in [2.24, 2.45) is 0 Å². The molecule has 41 heavy (non-hydrogen) atoms. The van der Waals surface area contributed by atoms with Crippen LogP contribution in [0.25, 0.3) is 38.5 Å². The molecule has 0 atom stereocenters. The molecule has 1 heterocycles. The van der Waals surface area contributed by atoms with Gasteiger partial charge >= 0.3 is 6.18 Å². The van der Waals surface area contributed by atoms with Crippen LogP contribution in [-0.2, 0) is 6.18 Å². The number of hydrogen-bond acceptors (Lipinski definition) is 3. The van der Waals surface area contributed by atoms with Gasteiger partial charge in [-0.2, -0.15) is 18.3 Å². The quantitative estimate of drug-likeness (QED) is 0.173. The zero-order chi connectivity index (χ0) is 28.6. The van der Waals surface area contributed by atoms with Gasteiger partial charge in [-0.05, 0) is 70.1 Å². The van der Waals surface area contributed by atoms with Crippen LogP contribution in [0.15, 0.2) is 115 Å². The number of carbonyl (C=O) groups is 2. The minimum Gasteiger partial charge on any atom is -0.345 e. The second kappa shape index (κ2) is 10.4. The summed E-state index contributed by atoms with van der Waals surface area (Å²) in [6.45, 7) is -0.218. The molecule has 0 aliphatic carbocycles. The van der Waals surface area contributed by atoms with Crippen LogP contribution in [0, 0.1) is 0 Å². The van der Waals surface area contributed by atoms with Gasteiger partial charge in [0.15, 0.2) is 11.5 Å². The van der Waals surface area contributed by atoms with E-state index in [0.29, 0.717) is 22.4 Å². The molecule has 1 aromatic heterocycles. The predicted octanol–water partition coefficient (Wildman–Crippen LogP) is 7.48. The summed E-state index contributed by atoms with van der Waals surface area (Å²) >= 11 is 0. The van der Waals surface area contributed by atoms with Crippen LogP contribution >= 0.6 is 0 Å². The highest BCUT2D eigenvalue weighted by atomic mass is 19.4. The van der Waals surface area contributed by atoms with Crippen molar-refractivity contribution in [1.82, 2.24) is 15.1 Å². The van der Waals surface area contributed by atoms with E-state index in [4.69, 9.17) is 0 Å². The third kappa shape index (κ3) is 5.19. The fourth-order valence-corrected chi connectivity index (χ4v) is 4.84. The molecule has 0 bridgehead atoms. The Bertz CT molecular complexity index is 1910. The number of aromatic nitrogens is 2. The molecular formula is C33H22F3N3O2. The number of fused-ring (bicyclic) bond motifs is 3. The van der Waals surface area contributed by atoms with Gasteiger partial charge in [-0.3, -0.25) is 9.59 Å². The molecule has 5 aromatic carbocycles. The first-order valence-corrected chi connectivity index (χ1v) is 12.8. The van der Waals surface area contributed by atoms with E-state index in [9.17, 15) is 22.8 Å². The minimum absolute atomic E-state index is 0.218. The number of ketones is 1. The van der Waals surface area contributed by atoms with Crippen LogP contribution in [0.3, 0.4) is 0 Å². The first kappa shape index (κ1) is 26.0. The van der Waals surface area contributed by atoms with Gasteiger partial charge in [0, 0.05) is 16.7 Å². The first-order chi connectivity index (χ1) is 19.8. The maximum atomic E-state index is 13.7. The maximum Gasteiger partial charge on any atom is 0.435 e. The summed E-state index contributed by atoms with van der Waals surface area (Å²) in [6, 6.07) is 33.1. The predicted molar refractivity (Wildman–Crippen MR) is 152 cm³/mol. The smallest absolute Gasteiger partial charge is 0.345 e. The second-order valence-electron chi connectivity index (χ2n) is 9.57. The van der Waals surface area contributed by atoms with Crippen LogP contribution in [0.1, 0.15) is 26.4 Å². The van der Waals surface area contributed by atoms with Crippen LogP contribution in [-0.4, -0.2) is 28.0 Å². The Kier molecular flexibility index (Phi) is 6.59. The van der Waals surface area contributed by atoms with E-state index in [0.717, 1.165) is 27.6 Å². The molecule has 0 saturated carbocycles. The molecule has 202 valence electrons. The molecule has 0 fully saturated rings. The summed E-state index contributed by atoms with van der Waals surface area (Å²) in [5, 5.41) is 10.5. The average Bonchev–Trinajstić information content (AvgIpc) is 3.46. The number of Topliss-reactive ketones (excluding diaryl/α,β-unsaturated/α-hetero) is 1. The molecule has 0 radical (unpaired) electrons. The van der Waals surface area contributed by atoms with Crippen LogP contribution in [0.4, 0.5) is 13.2 Å². The van der Waals surface area contributed by atoms with Crippen molar-refractivity contribution < 1.29 is 22.8 Å². The zero-order valence-corrected chi connectivity index (χ0v) is 21.5. The summed E-state index contributed by atoms with van der Waals surface area (Å²) in [6.07, 6.45) is -4.64. The zero-order valence-electron chi connectivity index (χ0n) is 21.5. The van der Waals surface area contributed by atoms with Crippen LogP contribution in [0.2, 0.25) is 0 Å². The van der Waals surface area contributed by atoms with E-state index in [1.807, 2.05) is 48.5 Å². The Morgan fingerprint density at radius 1 is 0.707 bits per heavy atom. The minimum atomic E-state index is -4.64. The Balaban J connectivity index is 1.31. The van der Waals surface area contributed by atoms with E-state index in [1.54, 1.807) is 36.4 Å². The highest BCUT2D eigenvalue weighted by Crippen LogP contribution is 2.35. The molecular weight excluding hydrogens is 527 g/mol. The van der Waals surface area contributed by atoms with Crippen LogP contribution in [0.5, 0.6) is 0 Å². The molecule has 0 aliphatic heterocycles. The largest absolute Gasteiger partial charge is 0.435 e. The van der Waals surface area contributed by atoms with E-state index in [1.165, 1.54) is 28.9 Å². The molecule has 1 N–H and O–H groups in total. The van der Waals surface area contributed by atoms with Gasteiger partial charge in [-0.1, -0.05) is 66.7 Å². The van der Waals surface area contributed by atoms with Gasteiger partial charge in [0.05, 0.1) is 17.9 Å². The molecule has 1 amide bonds. The molecule has 5 nitrogen and oxygen atoms in total. The van der Waals surface area contributed by atoms with Crippen molar-refractivity contribution in [3.05, 3.63) is 132 Å². The highest BCUT2D eigenvalue weighted by Gasteiger charge is 2.35. The Morgan fingerprint density at radius 2 is 1.39 bits per heavy atom. The number of nitrogens with zero attached hydrogens (tertiary/aromatic N) is 2. The fraction of sp³-hybridized carbons (Fsp3) is 0.0606. The van der Waals surface area contributed by atoms with Gasteiger partial charge in [0.2, 0.25) is 0 Å². The number of rotatable bonds is 6. The summed E-state index contributed by atoms with van der Waals surface area (Å²) < 4.78 is 42.4. The first-order valence-electron chi connectivity index (χ1n) is 12.8. The topological polar surface area (TPSA) is 64.0 Å². The number of benzene rings is 5. The van der Waals surface area contributed by atoms with E-state index in [-0.39, 0.29) is 23.9 Å². The molecule has 8 heteroatoms. The van der Waals surface area contributed by atoms with Gasteiger partial charge in [0.1, 0.15) is 0 Å². The lowest BCUT2D eigenvalue weighted by molar-refractivity contribution is -0.141. The Hall–Kier alpha value is -5.24. The number of carbonyl (C=O) groups excluding carboxylic acids is 2. The lowest BCUT2D eigenvalue weighted by Crippen LogP contribution is -2.29. The summed E-state index contributed by atoms with van der Waals surface area (Å²) in [5.41, 5.74) is 0.920. The number of nitrogens with one attached hydrogen (secondary N) is 1. The summed E-state index contributed by atoms with van der Waals surface area (Å²) in [5.74, 6) is -0.709. The maximum absolute atomic E-state index is 13.7. The van der Waals surface area contributed by atoms with Crippen molar-refractivity contribution in [3.8, 4) is 16.9 Å². The number of alkyl halides is 3. The number of amides is 1. The third-order valence-corrected chi connectivity index (χ3v) is 6.92. The van der Waals surface area contributed by atoms with Crippen LogP contribution < -0.4 is 5.32 Å². The van der Waals surface area contributed by atoms with E-state index >= 15 is 0 Å². The third-order valence-electron chi connectivity index (χ3n) is 6.92. The monoisotopic (exact) mass is 549 g/mol. The van der Waals surface area contributed by atoms with Crippen molar-refractivity contribution in [1.29, 1.82) is 0 Å². The van der Waals surface area contributed by atoms with Gasteiger partial charge in [0.25, 0.3) is 5.91 Å². The lowest BCUT2D eigenvalue weighted by atomic mass is 9.99. The SMILES string of the molecule is O=C(CNC(=O)c1ccccc1)c1ccc(-n2nc(C(F)(F)F)cc2-c2ccc3c(ccc4ccccc43)c2)cc1. The number of halogens is 3. The van der Waals surface area contributed by atoms with Crippen molar-refractivity contribution in [2.75, 3.05) is 6.54 Å². The molecule has 6 rings (SSSR count).